The summed E-state index contributed by atoms with van der Waals surface area (Å²) in [5.41, 5.74) is 0. The van der Waals surface area contributed by atoms with E-state index in [1.807, 2.05) is 0 Å². The highest BCUT2D eigenvalue weighted by atomic mass is 16.6. The number of nitrogens with one attached hydrogen (secondary N) is 2. The average Bonchev–Trinajstić information content (AvgIpc) is 2.31. The predicted molar refractivity (Wildman–Crippen MR) is 37.0 cm³/mol. The highest BCUT2D eigenvalue weighted by molar-refractivity contribution is 5.73. The van der Waals surface area contributed by atoms with Gasteiger partial charge in [0.2, 0.25) is 5.91 Å². The van der Waals surface area contributed by atoms with Crippen LogP contribution in [0.1, 0.15) is 6.92 Å². The number of hydrogen-bond donors (Lipinski definition) is 2. The molecule has 0 radical (unpaired) electrons. The highest BCUT2D eigenvalue weighted by Crippen LogP contribution is 1.97. The van der Waals surface area contributed by atoms with Gasteiger partial charge in [-0.1, -0.05) is 0 Å². The predicted octanol–water partition coefficient (Wildman–Crippen LogP) is -0.769. The Kier molecular flexibility index (Phi) is 2.30. The molecule has 0 saturated carbocycles. The molecule has 5 nitrogen and oxygen atoms in total. The summed E-state index contributed by atoms with van der Waals surface area (Å²) in [5.74, 6) is -0.118. The van der Waals surface area contributed by atoms with Crippen molar-refractivity contribution in [1.29, 1.82) is 0 Å². The molecule has 0 bridgehead atoms. The molecule has 1 aliphatic rings. The molecule has 2 N–H and O–H groups in total. The van der Waals surface area contributed by atoms with Crippen molar-refractivity contribution < 1.29 is 14.3 Å². The lowest BCUT2D eigenvalue weighted by Crippen LogP contribution is -2.32. The van der Waals surface area contributed by atoms with E-state index in [1.54, 1.807) is 0 Å². The minimum absolute atomic E-state index is 0.118. The first-order valence-electron chi connectivity index (χ1n) is 3.37. The van der Waals surface area contributed by atoms with Crippen LogP contribution in [-0.4, -0.2) is 31.2 Å². The van der Waals surface area contributed by atoms with Crippen LogP contribution in [0.5, 0.6) is 0 Å². The molecular weight excluding hydrogens is 148 g/mol. The second kappa shape index (κ2) is 3.23. The summed E-state index contributed by atoms with van der Waals surface area (Å²) in [6, 6.07) is 0. The van der Waals surface area contributed by atoms with Gasteiger partial charge in [-0.05, 0) is 0 Å². The topological polar surface area (TPSA) is 67.4 Å². The molecule has 0 aliphatic carbocycles. The summed E-state index contributed by atoms with van der Waals surface area (Å²) in [6.07, 6.45) is -0.633. The Morgan fingerprint density at radius 1 is 1.91 bits per heavy atom. The first-order valence-corrected chi connectivity index (χ1v) is 3.37. The lowest BCUT2D eigenvalue weighted by Gasteiger charge is -2.06. The van der Waals surface area contributed by atoms with Gasteiger partial charge in [-0.25, -0.2) is 4.79 Å². The maximum atomic E-state index is 10.5. The fourth-order valence-electron chi connectivity index (χ4n) is 0.803. The van der Waals surface area contributed by atoms with Gasteiger partial charge in [0.15, 0.2) is 0 Å². The minimum atomic E-state index is -0.416. The van der Waals surface area contributed by atoms with Gasteiger partial charge >= 0.3 is 6.09 Å². The Labute approximate surface area is 64.1 Å². The zero-order valence-corrected chi connectivity index (χ0v) is 6.22. The van der Waals surface area contributed by atoms with Crippen molar-refractivity contribution in [2.75, 3.05) is 13.1 Å². The van der Waals surface area contributed by atoms with Crippen LogP contribution in [0, 0.1) is 0 Å². The van der Waals surface area contributed by atoms with Crippen LogP contribution in [-0.2, 0) is 9.53 Å². The van der Waals surface area contributed by atoms with Crippen LogP contribution in [0.3, 0.4) is 0 Å². The third-order valence-corrected chi connectivity index (χ3v) is 1.33. The third kappa shape index (κ3) is 2.45. The van der Waals surface area contributed by atoms with Crippen molar-refractivity contribution in [3.05, 3.63) is 0 Å². The number of cyclic esters (lactones) is 1. The Morgan fingerprint density at radius 2 is 2.64 bits per heavy atom. The zero-order chi connectivity index (χ0) is 8.27. The molecule has 0 aromatic rings. The maximum Gasteiger partial charge on any atom is 0.407 e. The number of alkyl carbamates (subject to hydrolysis) is 1. The molecule has 1 atom stereocenters. The summed E-state index contributed by atoms with van der Waals surface area (Å²) in [7, 11) is 0. The molecule has 1 aliphatic heterocycles. The van der Waals surface area contributed by atoms with E-state index in [1.165, 1.54) is 6.92 Å². The van der Waals surface area contributed by atoms with Gasteiger partial charge in [-0.15, -0.1) is 0 Å². The van der Waals surface area contributed by atoms with Crippen molar-refractivity contribution in [3.63, 3.8) is 0 Å². The quantitative estimate of drug-likeness (QED) is 0.554. The highest BCUT2D eigenvalue weighted by Gasteiger charge is 2.21. The largest absolute Gasteiger partial charge is 0.442 e. The lowest BCUT2D eigenvalue weighted by atomic mass is 10.3. The molecule has 62 valence electrons. The maximum absolute atomic E-state index is 10.5. The number of hydrogen-bond acceptors (Lipinski definition) is 3. The second-order valence-electron chi connectivity index (χ2n) is 2.35. The van der Waals surface area contributed by atoms with Crippen molar-refractivity contribution in [3.8, 4) is 0 Å². The van der Waals surface area contributed by atoms with Gasteiger partial charge in [0, 0.05) is 6.92 Å². The molecule has 0 aromatic carbocycles. The fraction of sp³-hybridized carbons (Fsp3) is 0.667. The smallest absolute Gasteiger partial charge is 0.407 e. The van der Waals surface area contributed by atoms with Crippen molar-refractivity contribution in [2.24, 2.45) is 0 Å². The molecule has 1 fully saturated rings. The van der Waals surface area contributed by atoms with E-state index < -0.39 is 6.09 Å². The van der Waals surface area contributed by atoms with Crippen LogP contribution >= 0.6 is 0 Å². The standard InChI is InChI=1S/C6H10N2O3/c1-4(9)7-2-5-3-8-6(10)11-5/h5H,2-3H2,1H3,(H,7,9)(H,8,10)/t5-/m1/s1. The summed E-state index contributed by atoms with van der Waals surface area (Å²) in [5, 5.41) is 5.03. The van der Waals surface area contributed by atoms with Crippen molar-refractivity contribution in [1.82, 2.24) is 10.6 Å². The SMILES string of the molecule is CC(=O)NC[C@@H]1CNC(=O)O1. The van der Waals surface area contributed by atoms with Crippen LogP contribution in [0.2, 0.25) is 0 Å². The first-order chi connectivity index (χ1) is 5.18. The van der Waals surface area contributed by atoms with Crippen LogP contribution < -0.4 is 10.6 Å². The number of carbonyl (C=O) groups excluding carboxylic acids is 2. The molecule has 0 unspecified atom stereocenters. The number of amides is 2. The molecule has 0 spiro atoms. The Morgan fingerprint density at radius 3 is 3.09 bits per heavy atom. The molecule has 11 heavy (non-hydrogen) atoms. The summed E-state index contributed by atoms with van der Waals surface area (Å²) < 4.78 is 4.75. The van der Waals surface area contributed by atoms with E-state index in [4.69, 9.17) is 4.74 Å². The number of rotatable bonds is 2. The van der Waals surface area contributed by atoms with Gasteiger partial charge in [0.05, 0.1) is 13.1 Å². The van der Waals surface area contributed by atoms with Crippen molar-refractivity contribution >= 4 is 12.0 Å². The fourth-order valence-corrected chi connectivity index (χ4v) is 0.803. The molecular formula is C6H10N2O3. The second-order valence-corrected chi connectivity index (χ2v) is 2.35. The van der Waals surface area contributed by atoms with E-state index in [0.29, 0.717) is 13.1 Å². The third-order valence-electron chi connectivity index (χ3n) is 1.33. The van der Waals surface area contributed by atoms with E-state index in [-0.39, 0.29) is 12.0 Å². The van der Waals surface area contributed by atoms with E-state index in [0.717, 1.165) is 0 Å². The minimum Gasteiger partial charge on any atom is -0.442 e. The molecule has 1 rings (SSSR count). The summed E-state index contributed by atoms with van der Waals surface area (Å²) in [4.78, 5) is 20.9. The van der Waals surface area contributed by atoms with E-state index in [9.17, 15) is 9.59 Å². The van der Waals surface area contributed by atoms with Crippen LogP contribution in [0.25, 0.3) is 0 Å². The van der Waals surface area contributed by atoms with E-state index >= 15 is 0 Å². The lowest BCUT2D eigenvalue weighted by molar-refractivity contribution is -0.119. The van der Waals surface area contributed by atoms with Gasteiger partial charge in [0.25, 0.3) is 0 Å². The Hall–Kier alpha value is -1.26. The molecule has 1 saturated heterocycles. The van der Waals surface area contributed by atoms with Gasteiger partial charge in [-0.3, -0.25) is 4.79 Å². The molecule has 5 heteroatoms. The number of ether oxygens (including phenoxy) is 1. The molecule has 2 amide bonds. The monoisotopic (exact) mass is 158 g/mol. The summed E-state index contributed by atoms with van der Waals surface area (Å²) >= 11 is 0. The van der Waals surface area contributed by atoms with Crippen LogP contribution in [0.4, 0.5) is 4.79 Å². The molecule has 0 aromatic heterocycles. The van der Waals surface area contributed by atoms with Crippen molar-refractivity contribution in [2.45, 2.75) is 13.0 Å². The zero-order valence-electron chi connectivity index (χ0n) is 6.22. The average molecular weight is 158 g/mol. The first kappa shape index (κ1) is 7.84. The van der Waals surface area contributed by atoms with E-state index in [2.05, 4.69) is 10.6 Å². The van der Waals surface area contributed by atoms with Gasteiger partial charge in [-0.2, -0.15) is 0 Å². The Balaban J connectivity index is 2.18. The molecule has 1 heterocycles. The van der Waals surface area contributed by atoms with Gasteiger partial charge in [0.1, 0.15) is 6.10 Å². The van der Waals surface area contributed by atoms with Crippen LogP contribution in [0.15, 0.2) is 0 Å². The summed E-state index contributed by atoms with van der Waals surface area (Å²) in [6.45, 7) is 2.28. The Bertz CT molecular complexity index is 181. The van der Waals surface area contributed by atoms with Gasteiger partial charge < -0.3 is 15.4 Å². The normalized spacial score (nSPS) is 22.3. The number of carbonyl (C=O) groups is 2.